The predicted molar refractivity (Wildman–Crippen MR) is 192 cm³/mol. The average molecular weight is 630 g/mol. The number of fused-ring (bicyclic) bond motifs is 1. The molecule has 0 N–H and O–H groups in total. The van der Waals surface area contributed by atoms with Crippen LogP contribution in [-0.4, -0.2) is 31.6 Å². The van der Waals surface area contributed by atoms with E-state index >= 15 is 0 Å². The molecule has 2 heterocycles. The number of pyridine rings is 1. The first-order valence-corrected chi connectivity index (χ1v) is 18.2. The number of aryl methyl sites for hydroxylation is 1. The van der Waals surface area contributed by atoms with Crippen LogP contribution < -0.4 is 10.4 Å². The summed E-state index contributed by atoms with van der Waals surface area (Å²) >= 11 is 0. The monoisotopic (exact) mass is 629 g/mol. The first-order chi connectivity index (χ1) is 22.0. The molecule has 1 unspecified atom stereocenters. The Labute approximate surface area is 276 Å². The number of ether oxygens (including phenoxy) is 1. The summed E-state index contributed by atoms with van der Waals surface area (Å²) in [6.07, 6.45) is 2.42. The van der Waals surface area contributed by atoms with Crippen molar-refractivity contribution in [3.05, 3.63) is 114 Å². The quantitative estimate of drug-likeness (QED) is 0.138. The van der Waals surface area contributed by atoms with Gasteiger partial charge in [0.05, 0.1) is 29.1 Å². The summed E-state index contributed by atoms with van der Waals surface area (Å²) in [5.41, 5.74) is 5.85. The molecule has 0 saturated heterocycles. The van der Waals surface area contributed by atoms with Gasteiger partial charge in [0.15, 0.2) is 0 Å². The van der Waals surface area contributed by atoms with Gasteiger partial charge in [0, 0.05) is 42.9 Å². The highest BCUT2D eigenvalue weighted by Crippen LogP contribution is 2.42. The Hall–Kier alpha value is -4.02. The summed E-state index contributed by atoms with van der Waals surface area (Å²) in [6, 6.07) is 34.2. The Morgan fingerprint density at radius 1 is 0.891 bits per heavy atom. The highest BCUT2D eigenvalue weighted by Gasteiger charge is 2.50. The largest absolute Gasteiger partial charge is 0.407 e. The van der Waals surface area contributed by atoms with Crippen LogP contribution in [0.1, 0.15) is 71.4 Å². The maximum Gasteiger partial charge on any atom is 0.261 e. The molecule has 238 valence electrons. The molecule has 0 aliphatic carbocycles. The highest BCUT2D eigenvalue weighted by atomic mass is 28.4. The van der Waals surface area contributed by atoms with Gasteiger partial charge in [-0.1, -0.05) is 95.3 Å². The molecule has 1 atom stereocenters. The Kier molecular flexibility index (Phi) is 9.69. The fourth-order valence-electron chi connectivity index (χ4n) is 6.96. The third kappa shape index (κ3) is 6.20. The standard InChI is InChI=1S/C40H47N3O2Si/c1-9-43-36-23-22-30(27-41)25-34(36)35(38(43)33-21-16-24-42-37(33)29(2)44-8)26-40(6,7)28-45-46(39(3,4)5,31-17-12-10-13-18-31)32-19-14-11-15-20-32/h10-25,29H,9,26,28H2,1-8H3. The second kappa shape index (κ2) is 13.4. The van der Waals surface area contributed by atoms with E-state index in [0.717, 1.165) is 40.8 Å². The van der Waals surface area contributed by atoms with Gasteiger partial charge in [-0.15, -0.1) is 0 Å². The van der Waals surface area contributed by atoms with Crippen LogP contribution in [0, 0.1) is 16.7 Å². The molecule has 0 fully saturated rings. The van der Waals surface area contributed by atoms with Crippen molar-refractivity contribution in [2.24, 2.45) is 5.41 Å². The van der Waals surface area contributed by atoms with Gasteiger partial charge in [-0.25, -0.2) is 0 Å². The van der Waals surface area contributed by atoms with Crippen molar-refractivity contribution < 1.29 is 9.16 Å². The van der Waals surface area contributed by atoms with Crippen molar-refractivity contribution in [3.63, 3.8) is 0 Å². The molecule has 46 heavy (non-hydrogen) atoms. The van der Waals surface area contributed by atoms with Gasteiger partial charge in [0.2, 0.25) is 0 Å². The smallest absolute Gasteiger partial charge is 0.261 e. The molecule has 0 aliphatic heterocycles. The molecule has 5 aromatic rings. The minimum Gasteiger partial charge on any atom is -0.407 e. The first kappa shape index (κ1) is 33.3. The summed E-state index contributed by atoms with van der Waals surface area (Å²) in [4.78, 5) is 4.80. The van der Waals surface area contributed by atoms with Crippen LogP contribution in [0.5, 0.6) is 0 Å². The van der Waals surface area contributed by atoms with Crippen molar-refractivity contribution in [1.82, 2.24) is 9.55 Å². The number of hydrogen-bond acceptors (Lipinski definition) is 4. The number of hydrogen-bond donors (Lipinski definition) is 0. The molecular weight excluding hydrogens is 583 g/mol. The van der Waals surface area contributed by atoms with Crippen LogP contribution in [0.4, 0.5) is 0 Å². The second-order valence-electron chi connectivity index (χ2n) is 14.0. The molecule has 3 aromatic carbocycles. The van der Waals surface area contributed by atoms with E-state index in [1.807, 2.05) is 25.3 Å². The summed E-state index contributed by atoms with van der Waals surface area (Å²) < 4.78 is 15.6. The zero-order valence-electron chi connectivity index (χ0n) is 28.6. The Bertz CT molecular complexity index is 1790. The van der Waals surface area contributed by atoms with Gasteiger partial charge < -0.3 is 13.7 Å². The van der Waals surface area contributed by atoms with Gasteiger partial charge >= 0.3 is 0 Å². The second-order valence-corrected chi connectivity index (χ2v) is 18.3. The lowest BCUT2D eigenvalue weighted by molar-refractivity contribution is 0.116. The van der Waals surface area contributed by atoms with Crippen LogP contribution in [-0.2, 0) is 22.1 Å². The molecule has 0 aliphatic rings. The van der Waals surface area contributed by atoms with Gasteiger partial charge in [-0.3, -0.25) is 4.98 Å². The lowest BCUT2D eigenvalue weighted by atomic mass is 9.84. The molecule has 5 rings (SSSR count). The van der Waals surface area contributed by atoms with E-state index < -0.39 is 8.32 Å². The maximum absolute atomic E-state index is 9.89. The maximum atomic E-state index is 9.89. The fourth-order valence-corrected chi connectivity index (χ4v) is 11.7. The van der Waals surface area contributed by atoms with Gasteiger partial charge in [-0.2, -0.15) is 5.26 Å². The molecule has 0 spiro atoms. The zero-order chi connectivity index (χ0) is 33.1. The van der Waals surface area contributed by atoms with Crippen molar-refractivity contribution in [2.45, 2.75) is 72.6 Å². The Morgan fingerprint density at radius 3 is 2.07 bits per heavy atom. The third-order valence-electron chi connectivity index (χ3n) is 9.20. The molecular formula is C40H47N3O2Si. The van der Waals surface area contributed by atoms with E-state index in [2.05, 4.69) is 131 Å². The molecule has 5 nitrogen and oxygen atoms in total. The minimum atomic E-state index is -2.73. The summed E-state index contributed by atoms with van der Waals surface area (Å²) in [5, 5.41) is 13.4. The van der Waals surface area contributed by atoms with E-state index in [0.29, 0.717) is 12.2 Å². The van der Waals surface area contributed by atoms with Crippen molar-refractivity contribution >= 4 is 29.6 Å². The van der Waals surface area contributed by atoms with Crippen molar-refractivity contribution in [3.8, 4) is 17.3 Å². The number of nitrogens with zero attached hydrogens (tertiary/aromatic N) is 3. The third-order valence-corrected chi connectivity index (χ3v) is 14.2. The van der Waals surface area contributed by atoms with E-state index in [4.69, 9.17) is 14.1 Å². The van der Waals surface area contributed by atoms with E-state index in [-0.39, 0.29) is 16.6 Å². The van der Waals surface area contributed by atoms with Crippen LogP contribution >= 0.6 is 0 Å². The van der Waals surface area contributed by atoms with Gasteiger partial charge in [0.1, 0.15) is 0 Å². The zero-order valence-corrected chi connectivity index (χ0v) is 29.6. The topological polar surface area (TPSA) is 60.1 Å². The average Bonchev–Trinajstić information content (AvgIpc) is 3.36. The number of rotatable bonds is 11. The number of methoxy groups -OCH3 is 1. The summed E-state index contributed by atoms with van der Waals surface area (Å²) in [6.45, 7) is 17.2. The van der Waals surface area contributed by atoms with E-state index in [1.54, 1.807) is 7.11 Å². The minimum absolute atomic E-state index is 0.113. The van der Waals surface area contributed by atoms with Crippen molar-refractivity contribution in [1.29, 1.82) is 5.26 Å². The molecule has 0 bridgehead atoms. The van der Waals surface area contributed by atoms with Crippen molar-refractivity contribution in [2.75, 3.05) is 13.7 Å². The Morgan fingerprint density at radius 2 is 1.52 bits per heavy atom. The number of benzene rings is 3. The van der Waals surface area contributed by atoms with Crippen LogP contribution in [0.3, 0.4) is 0 Å². The molecule has 0 saturated carbocycles. The SMILES string of the molecule is CCn1c(-c2cccnc2C(C)OC)c(CC(C)(C)CO[Si](c2ccccc2)(c2ccccc2)C(C)(C)C)c2cc(C#N)ccc21. The first-order valence-electron chi connectivity index (χ1n) is 16.3. The lowest BCUT2D eigenvalue weighted by Crippen LogP contribution is -2.67. The van der Waals surface area contributed by atoms with E-state index in [9.17, 15) is 5.26 Å². The van der Waals surface area contributed by atoms with E-state index in [1.165, 1.54) is 15.9 Å². The molecule has 6 heteroatoms. The number of nitriles is 1. The normalized spacial score (nSPS) is 13.1. The molecule has 2 aromatic heterocycles. The Balaban J connectivity index is 1.66. The molecule has 0 radical (unpaired) electrons. The lowest BCUT2D eigenvalue weighted by Gasteiger charge is -2.44. The van der Waals surface area contributed by atoms with Gasteiger partial charge in [0.25, 0.3) is 8.32 Å². The molecule has 0 amide bonds. The summed E-state index contributed by atoms with van der Waals surface area (Å²) in [7, 11) is -1.00. The fraction of sp³-hybridized carbons (Fsp3) is 0.350. The van der Waals surface area contributed by atoms with Crippen LogP contribution in [0.15, 0.2) is 97.2 Å². The van der Waals surface area contributed by atoms with Crippen LogP contribution in [0.2, 0.25) is 5.04 Å². The van der Waals surface area contributed by atoms with Gasteiger partial charge in [-0.05, 0) is 77.0 Å². The predicted octanol–water partition coefficient (Wildman–Crippen LogP) is 8.45. The highest BCUT2D eigenvalue weighted by molar-refractivity contribution is 6.99. The number of aromatic nitrogens is 2. The summed E-state index contributed by atoms with van der Waals surface area (Å²) in [5.74, 6) is 0. The van der Waals surface area contributed by atoms with Crippen LogP contribution in [0.25, 0.3) is 22.2 Å².